The van der Waals surface area contributed by atoms with Crippen molar-refractivity contribution in [1.82, 2.24) is 0 Å². The van der Waals surface area contributed by atoms with Crippen LogP contribution in [0.2, 0.25) is 5.02 Å². The molecule has 0 aliphatic rings. The minimum atomic E-state index is 0.131. The summed E-state index contributed by atoms with van der Waals surface area (Å²) in [5, 5.41) is 0.505. The van der Waals surface area contributed by atoms with Gasteiger partial charge in [-0.25, -0.2) is 0 Å². The van der Waals surface area contributed by atoms with Gasteiger partial charge in [-0.05, 0) is 35.8 Å². The molecule has 0 aromatic heterocycles. The highest BCUT2D eigenvalue weighted by atomic mass is 79.9. The van der Waals surface area contributed by atoms with Crippen molar-refractivity contribution >= 4 is 33.2 Å². The number of benzene rings is 1. The molecule has 0 amide bonds. The number of hydrogen-bond acceptors (Lipinski definition) is 2. The molecule has 0 atom stereocenters. The molecule has 72 valence electrons. The van der Waals surface area contributed by atoms with Crippen LogP contribution in [-0.4, -0.2) is 6.10 Å². The largest absolute Gasteiger partial charge is 0.491 e. The molecule has 1 aromatic rings. The van der Waals surface area contributed by atoms with E-state index in [0.29, 0.717) is 10.7 Å². The molecule has 2 nitrogen and oxygen atoms in total. The summed E-state index contributed by atoms with van der Waals surface area (Å²) < 4.78 is 6.22. The number of nitrogen functional groups attached to an aromatic ring is 1. The normalized spacial score (nSPS) is 10.5. The lowest BCUT2D eigenvalue weighted by atomic mass is 10.3. The highest BCUT2D eigenvalue weighted by molar-refractivity contribution is 9.10. The second-order valence-corrected chi connectivity index (χ2v) is 4.23. The third-order valence-corrected chi connectivity index (χ3v) is 2.39. The van der Waals surface area contributed by atoms with Crippen molar-refractivity contribution in [3.8, 4) is 5.75 Å². The lowest BCUT2D eigenvalue weighted by Gasteiger charge is -2.11. The zero-order valence-electron chi connectivity index (χ0n) is 7.47. The Morgan fingerprint density at radius 3 is 2.54 bits per heavy atom. The highest BCUT2D eigenvalue weighted by Crippen LogP contribution is 2.32. The molecule has 0 saturated carbocycles. The average Bonchev–Trinajstić information content (AvgIpc) is 1.98. The van der Waals surface area contributed by atoms with E-state index in [9.17, 15) is 0 Å². The Balaban J connectivity index is 2.99. The van der Waals surface area contributed by atoms with Gasteiger partial charge in [-0.2, -0.15) is 0 Å². The van der Waals surface area contributed by atoms with E-state index in [1.54, 1.807) is 12.1 Å². The van der Waals surface area contributed by atoms with Gasteiger partial charge in [-0.1, -0.05) is 11.6 Å². The predicted molar refractivity (Wildman–Crippen MR) is 59.3 cm³/mol. The van der Waals surface area contributed by atoms with Crippen molar-refractivity contribution in [3.63, 3.8) is 0 Å². The number of halogens is 2. The molecule has 0 fully saturated rings. The zero-order valence-corrected chi connectivity index (χ0v) is 9.82. The van der Waals surface area contributed by atoms with Crippen molar-refractivity contribution in [3.05, 3.63) is 21.6 Å². The third-order valence-electron chi connectivity index (χ3n) is 1.42. The van der Waals surface area contributed by atoms with Crippen LogP contribution in [0.1, 0.15) is 13.8 Å². The first-order valence-electron chi connectivity index (χ1n) is 3.92. The number of nitrogens with two attached hydrogens (primary N) is 1. The van der Waals surface area contributed by atoms with Gasteiger partial charge in [0.15, 0.2) is 0 Å². The molecule has 0 aliphatic heterocycles. The van der Waals surface area contributed by atoms with E-state index in [1.165, 1.54) is 0 Å². The molecule has 0 spiro atoms. The smallest absolute Gasteiger partial charge is 0.122 e. The first kappa shape index (κ1) is 10.7. The van der Waals surface area contributed by atoms with Gasteiger partial charge >= 0.3 is 0 Å². The SMILES string of the molecule is CC(C)Oc1cc(Cl)c(N)c(Br)c1. The second-order valence-electron chi connectivity index (χ2n) is 2.97. The monoisotopic (exact) mass is 263 g/mol. The first-order valence-corrected chi connectivity index (χ1v) is 5.09. The first-order chi connectivity index (χ1) is 6.00. The summed E-state index contributed by atoms with van der Waals surface area (Å²) in [5.74, 6) is 0.723. The van der Waals surface area contributed by atoms with Crippen LogP contribution in [0.25, 0.3) is 0 Å². The number of anilines is 1. The van der Waals surface area contributed by atoms with E-state index in [4.69, 9.17) is 22.1 Å². The Kier molecular flexibility index (Phi) is 3.45. The van der Waals surface area contributed by atoms with Gasteiger partial charge in [-0.3, -0.25) is 0 Å². The van der Waals surface area contributed by atoms with Gasteiger partial charge < -0.3 is 10.5 Å². The Morgan fingerprint density at radius 2 is 2.08 bits per heavy atom. The topological polar surface area (TPSA) is 35.2 Å². The van der Waals surface area contributed by atoms with E-state index < -0.39 is 0 Å². The standard InChI is InChI=1S/C9H11BrClNO/c1-5(2)13-6-3-7(10)9(12)8(11)4-6/h3-5H,12H2,1-2H3. The molecule has 2 N–H and O–H groups in total. The second kappa shape index (κ2) is 4.20. The number of ether oxygens (including phenoxy) is 1. The molecular weight excluding hydrogens is 253 g/mol. The van der Waals surface area contributed by atoms with Crippen molar-refractivity contribution in [2.24, 2.45) is 0 Å². The van der Waals surface area contributed by atoms with E-state index >= 15 is 0 Å². The third kappa shape index (κ3) is 2.78. The lowest BCUT2D eigenvalue weighted by molar-refractivity contribution is 0.242. The summed E-state index contributed by atoms with van der Waals surface area (Å²) >= 11 is 9.16. The molecule has 0 saturated heterocycles. The molecule has 0 aliphatic carbocycles. The van der Waals surface area contributed by atoms with Gasteiger partial charge in [0.1, 0.15) is 5.75 Å². The Morgan fingerprint density at radius 1 is 1.46 bits per heavy atom. The van der Waals surface area contributed by atoms with E-state index in [1.807, 2.05) is 13.8 Å². The summed E-state index contributed by atoms with van der Waals surface area (Å²) in [6.07, 6.45) is 0.131. The summed E-state index contributed by atoms with van der Waals surface area (Å²) in [4.78, 5) is 0. The predicted octanol–water partition coefficient (Wildman–Crippen LogP) is 3.47. The van der Waals surface area contributed by atoms with Crippen LogP contribution < -0.4 is 10.5 Å². The molecule has 0 radical (unpaired) electrons. The molecule has 1 aromatic carbocycles. The van der Waals surface area contributed by atoms with Crippen molar-refractivity contribution in [2.75, 3.05) is 5.73 Å². The fraction of sp³-hybridized carbons (Fsp3) is 0.333. The van der Waals surface area contributed by atoms with Gasteiger partial charge in [0.05, 0.1) is 16.8 Å². The summed E-state index contributed by atoms with van der Waals surface area (Å²) in [6.45, 7) is 3.91. The Labute approximate surface area is 91.2 Å². The summed E-state index contributed by atoms with van der Waals surface area (Å²) in [6, 6.07) is 3.52. The lowest BCUT2D eigenvalue weighted by Crippen LogP contribution is -2.05. The zero-order chi connectivity index (χ0) is 10.0. The summed E-state index contributed by atoms with van der Waals surface area (Å²) in [7, 11) is 0. The molecule has 0 bridgehead atoms. The van der Waals surface area contributed by atoms with E-state index in [2.05, 4.69) is 15.9 Å². The number of rotatable bonds is 2. The maximum absolute atomic E-state index is 5.87. The van der Waals surface area contributed by atoms with Gasteiger partial charge in [0.25, 0.3) is 0 Å². The van der Waals surface area contributed by atoms with Gasteiger partial charge in [0, 0.05) is 10.5 Å². The van der Waals surface area contributed by atoms with Gasteiger partial charge in [-0.15, -0.1) is 0 Å². The molecule has 1 rings (SSSR count). The maximum Gasteiger partial charge on any atom is 0.122 e. The molecule has 0 unspecified atom stereocenters. The summed E-state index contributed by atoms with van der Waals surface area (Å²) in [5.41, 5.74) is 6.19. The molecular formula is C9H11BrClNO. The van der Waals surface area contributed by atoms with Crippen LogP contribution in [0.4, 0.5) is 5.69 Å². The molecule has 4 heteroatoms. The van der Waals surface area contributed by atoms with Crippen molar-refractivity contribution < 1.29 is 4.74 Å². The van der Waals surface area contributed by atoms with E-state index in [0.717, 1.165) is 10.2 Å². The number of hydrogen-bond donors (Lipinski definition) is 1. The Hall–Kier alpha value is -0.410. The minimum absolute atomic E-state index is 0.131. The fourth-order valence-corrected chi connectivity index (χ4v) is 1.66. The molecule has 0 heterocycles. The van der Waals surface area contributed by atoms with Crippen LogP contribution in [0.15, 0.2) is 16.6 Å². The molecule has 13 heavy (non-hydrogen) atoms. The maximum atomic E-state index is 5.87. The van der Waals surface area contributed by atoms with Crippen LogP contribution in [-0.2, 0) is 0 Å². The minimum Gasteiger partial charge on any atom is -0.491 e. The van der Waals surface area contributed by atoms with Crippen molar-refractivity contribution in [2.45, 2.75) is 20.0 Å². The van der Waals surface area contributed by atoms with Crippen LogP contribution in [0, 0.1) is 0 Å². The van der Waals surface area contributed by atoms with Gasteiger partial charge in [0.2, 0.25) is 0 Å². The highest BCUT2D eigenvalue weighted by Gasteiger charge is 2.05. The van der Waals surface area contributed by atoms with Crippen LogP contribution in [0.3, 0.4) is 0 Å². The van der Waals surface area contributed by atoms with Crippen LogP contribution >= 0.6 is 27.5 Å². The average molecular weight is 265 g/mol. The van der Waals surface area contributed by atoms with Crippen molar-refractivity contribution in [1.29, 1.82) is 0 Å². The van der Waals surface area contributed by atoms with E-state index in [-0.39, 0.29) is 6.10 Å². The van der Waals surface area contributed by atoms with Crippen LogP contribution in [0.5, 0.6) is 5.75 Å². The Bertz CT molecular complexity index is 291. The quantitative estimate of drug-likeness (QED) is 0.830. The fourth-order valence-electron chi connectivity index (χ4n) is 0.901.